The maximum atomic E-state index is 3.47. The summed E-state index contributed by atoms with van der Waals surface area (Å²) in [4.78, 5) is 0. The molecule has 0 spiro atoms. The highest BCUT2D eigenvalue weighted by Crippen LogP contribution is 2.33. The number of nitrogens with one attached hydrogen (secondary N) is 1. The van der Waals surface area contributed by atoms with Crippen molar-refractivity contribution in [3.8, 4) is 0 Å². The fourth-order valence-corrected chi connectivity index (χ4v) is 2.35. The molecule has 1 aliphatic rings. The molecule has 0 aromatic heterocycles. The van der Waals surface area contributed by atoms with Crippen molar-refractivity contribution in [2.75, 3.05) is 13.1 Å². The molecule has 2 rings (SSSR count). The standard InChI is InChI=1S/C13H19N/c1-13(8-5-10-14-11-9-13)12-6-3-2-4-7-12/h2-4,6-7,14H,5,8-11H2,1H3/t13-/m1/s1. The van der Waals surface area contributed by atoms with Crippen LogP contribution in [0.25, 0.3) is 0 Å². The minimum Gasteiger partial charge on any atom is -0.317 e. The van der Waals surface area contributed by atoms with Crippen LogP contribution in [0.1, 0.15) is 31.7 Å². The summed E-state index contributed by atoms with van der Waals surface area (Å²) >= 11 is 0. The molecule has 1 nitrogen and oxygen atoms in total. The molecule has 1 N–H and O–H groups in total. The molecule has 76 valence electrons. The topological polar surface area (TPSA) is 12.0 Å². The van der Waals surface area contributed by atoms with E-state index in [-0.39, 0.29) is 0 Å². The SMILES string of the molecule is C[C@@]1(c2ccccc2)CCCNCC1. The molecule has 1 aliphatic heterocycles. The predicted molar refractivity (Wildman–Crippen MR) is 60.5 cm³/mol. The Hall–Kier alpha value is -0.820. The van der Waals surface area contributed by atoms with Crippen molar-refractivity contribution in [2.45, 2.75) is 31.6 Å². The molecule has 0 saturated carbocycles. The third-order valence-corrected chi connectivity index (χ3v) is 3.41. The van der Waals surface area contributed by atoms with Gasteiger partial charge in [0, 0.05) is 0 Å². The van der Waals surface area contributed by atoms with Crippen LogP contribution in [0, 0.1) is 0 Å². The monoisotopic (exact) mass is 189 g/mol. The number of benzene rings is 1. The molecule has 0 unspecified atom stereocenters. The van der Waals surface area contributed by atoms with Gasteiger partial charge in [-0.15, -0.1) is 0 Å². The van der Waals surface area contributed by atoms with E-state index in [0.717, 1.165) is 6.54 Å². The Bertz CT molecular complexity index is 271. The van der Waals surface area contributed by atoms with Crippen LogP contribution in [-0.2, 0) is 5.41 Å². The van der Waals surface area contributed by atoms with Gasteiger partial charge in [0.2, 0.25) is 0 Å². The van der Waals surface area contributed by atoms with Crippen molar-refractivity contribution in [1.29, 1.82) is 0 Å². The molecule has 0 radical (unpaired) electrons. The van der Waals surface area contributed by atoms with Crippen LogP contribution in [0.5, 0.6) is 0 Å². The molecule has 0 bridgehead atoms. The highest BCUT2D eigenvalue weighted by molar-refractivity contribution is 5.24. The van der Waals surface area contributed by atoms with Crippen LogP contribution in [0.4, 0.5) is 0 Å². The molecule has 1 heteroatoms. The van der Waals surface area contributed by atoms with E-state index in [1.54, 1.807) is 0 Å². The van der Waals surface area contributed by atoms with Crippen molar-refractivity contribution >= 4 is 0 Å². The van der Waals surface area contributed by atoms with Gasteiger partial charge in [-0.05, 0) is 43.3 Å². The van der Waals surface area contributed by atoms with Gasteiger partial charge >= 0.3 is 0 Å². The summed E-state index contributed by atoms with van der Waals surface area (Å²) in [6.07, 6.45) is 3.87. The van der Waals surface area contributed by atoms with Crippen LogP contribution in [0.2, 0.25) is 0 Å². The van der Waals surface area contributed by atoms with Crippen molar-refractivity contribution in [2.24, 2.45) is 0 Å². The zero-order valence-corrected chi connectivity index (χ0v) is 8.92. The first-order chi connectivity index (χ1) is 6.81. The Kier molecular flexibility index (Phi) is 2.87. The summed E-state index contributed by atoms with van der Waals surface area (Å²) in [6, 6.07) is 10.9. The summed E-state index contributed by atoms with van der Waals surface area (Å²) in [5.74, 6) is 0. The van der Waals surface area contributed by atoms with Crippen LogP contribution in [-0.4, -0.2) is 13.1 Å². The van der Waals surface area contributed by atoms with Gasteiger partial charge in [-0.25, -0.2) is 0 Å². The molecule has 1 fully saturated rings. The largest absolute Gasteiger partial charge is 0.317 e. The van der Waals surface area contributed by atoms with Crippen molar-refractivity contribution in [3.05, 3.63) is 35.9 Å². The second-order valence-electron chi connectivity index (χ2n) is 4.53. The summed E-state index contributed by atoms with van der Waals surface area (Å²) in [5, 5.41) is 3.47. The van der Waals surface area contributed by atoms with Crippen LogP contribution >= 0.6 is 0 Å². The lowest BCUT2D eigenvalue weighted by Gasteiger charge is -2.28. The fourth-order valence-electron chi connectivity index (χ4n) is 2.35. The Balaban J connectivity index is 2.21. The van der Waals surface area contributed by atoms with E-state index >= 15 is 0 Å². The minimum atomic E-state index is 0.394. The van der Waals surface area contributed by atoms with Gasteiger partial charge in [-0.2, -0.15) is 0 Å². The second kappa shape index (κ2) is 4.14. The van der Waals surface area contributed by atoms with E-state index in [1.807, 2.05) is 0 Å². The number of hydrogen-bond acceptors (Lipinski definition) is 1. The third-order valence-electron chi connectivity index (χ3n) is 3.41. The van der Waals surface area contributed by atoms with Crippen LogP contribution < -0.4 is 5.32 Å². The highest BCUT2D eigenvalue weighted by Gasteiger charge is 2.26. The zero-order chi connectivity index (χ0) is 9.86. The van der Waals surface area contributed by atoms with Gasteiger partial charge in [0.05, 0.1) is 0 Å². The maximum Gasteiger partial charge on any atom is -0.00405 e. The molecule has 0 amide bonds. The van der Waals surface area contributed by atoms with Crippen molar-refractivity contribution in [3.63, 3.8) is 0 Å². The van der Waals surface area contributed by atoms with E-state index in [9.17, 15) is 0 Å². The summed E-state index contributed by atoms with van der Waals surface area (Å²) < 4.78 is 0. The van der Waals surface area contributed by atoms with E-state index in [1.165, 1.54) is 31.4 Å². The van der Waals surface area contributed by atoms with Gasteiger partial charge in [0.1, 0.15) is 0 Å². The normalized spacial score (nSPS) is 28.4. The summed E-state index contributed by atoms with van der Waals surface area (Å²) in [5.41, 5.74) is 1.90. The van der Waals surface area contributed by atoms with E-state index in [0.29, 0.717) is 5.41 Å². The first kappa shape index (κ1) is 9.72. The molecular weight excluding hydrogens is 170 g/mol. The van der Waals surface area contributed by atoms with E-state index < -0.39 is 0 Å². The van der Waals surface area contributed by atoms with Crippen molar-refractivity contribution < 1.29 is 0 Å². The van der Waals surface area contributed by atoms with Crippen LogP contribution in [0.3, 0.4) is 0 Å². The van der Waals surface area contributed by atoms with Gasteiger partial charge in [-0.3, -0.25) is 0 Å². The van der Waals surface area contributed by atoms with Gasteiger partial charge in [0.25, 0.3) is 0 Å². The average Bonchev–Trinajstić information content (AvgIpc) is 2.46. The Morgan fingerprint density at radius 2 is 1.86 bits per heavy atom. The molecular formula is C13H19N. The smallest absolute Gasteiger partial charge is 0.00405 e. The lowest BCUT2D eigenvalue weighted by molar-refractivity contribution is 0.420. The Morgan fingerprint density at radius 3 is 2.64 bits per heavy atom. The maximum absolute atomic E-state index is 3.47. The predicted octanol–water partition coefficient (Wildman–Crippen LogP) is 2.72. The molecule has 1 heterocycles. The second-order valence-corrected chi connectivity index (χ2v) is 4.53. The lowest BCUT2D eigenvalue weighted by atomic mass is 9.76. The average molecular weight is 189 g/mol. The van der Waals surface area contributed by atoms with Gasteiger partial charge < -0.3 is 5.32 Å². The first-order valence-corrected chi connectivity index (χ1v) is 5.57. The fraction of sp³-hybridized carbons (Fsp3) is 0.538. The summed E-state index contributed by atoms with van der Waals surface area (Å²) in [6.45, 7) is 4.74. The molecule has 1 aromatic carbocycles. The highest BCUT2D eigenvalue weighted by atomic mass is 14.9. The zero-order valence-electron chi connectivity index (χ0n) is 8.92. The Morgan fingerprint density at radius 1 is 1.07 bits per heavy atom. The minimum absolute atomic E-state index is 0.394. The third kappa shape index (κ3) is 1.98. The molecule has 1 atom stereocenters. The Labute approximate surface area is 86.5 Å². The molecule has 14 heavy (non-hydrogen) atoms. The summed E-state index contributed by atoms with van der Waals surface area (Å²) in [7, 11) is 0. The van der Waals surface area contributed by atoms with Crippen LogP contribution in [0.15, 0.2) is 30.3 Å². The van der Waals surface area contributed by atoms with Gasteiger partial charge in [-0.1, -0.05) is 37.3 Å². The number of rotatable bonds is 1. The van der Waals surface area contributed by atoms with E-state index in [2.05, 4.69) is 42.6 Å². The first-order valence-electron chi connectivity index (χ1n) is 5.57. The van der Waals surface area contributed by atoms with Gasteiger partial charge in [0.15, 0.2) is 0 Å². The number of hydrogen-bond donors (Lipinski definition) is 1. The van der Waals surface area contributed by atoms with E-state index in [4.69, 9.17) is 0 Å². The molecule has 1 aromatic rings. The molecule has 1 saturated heterocycles. The lowest BCUT2D eigenvalue weighted by Crippen LogP contribution is -2.23. The molecule has 0 aliphatic carbocycles. The quantitative estimate of drug-likeness (QED) is 0.716. The van der Waals surface area contributed by atoms with Crippen molar-refractivity contribution in [1.82, 2.24) is 5.32 Å².